The third kappa shape index (κ3) is 6.33. The maximum atomic E-state index is 15.6. The molecule has 2 aromatic carbocycles. The Bertz CT molecular complexity index is 1750. The van der Waals surface area contributed by atoms with E-state index in [4.69, 9.17) is 19.9 Å². The highest BCUT2D eigenvalue weighted by atomic mass is 79.9. The molecular formula is C32H30BrF2N5O5. The topological polar surface area (TPSA) is 120 Å². The van der Waals surface area contributed by atoms with Gasteiger partial charge in [-0.25, -0.2) is 13.8 Å². The van der Waals surface area contributed by atoms with Crippen LogP contribution in [0.1, 0.15) is 19.8 Å². The van der Waals surface area contributed by atoms with E-state index in [1.807, 2.05) is 6.92 Å². The van der Waals surface area contributed by atoms with Crippen molar-refractivity contribution in [1.82, 2.24) is 14.9 Å². The van der Waals surface area contributed by atoms with Crippen molar-refractivity contribution in [2.75, 3.05) is 37.7 Å². The molecule has 1 unspecified atom stereocenters. The van der Waals surface area contributed by atoms with E-state index in [-0.39, 0.29) is 36.1 Å². The zero-order valence-electron chi connectivity index (χ0n) is 24.3. The molecule has 6 rings (SSSR count). The molecule has 2 N–H and O–H groups in total. The third-order valence-corrected chi connectivity index (χ3v) is 8.62. The first-order valence-corrected chi connectivity index (χ1v) is 15.2. The summed E-state index contributed by atoms with van der Waals surface area (Å²) in [6.07, 6.45) is 3.50. The van der Waals surface area contributed by atoms with Crippen LogP contribution in [0, 0.1) is 17.0 Å². The first-order chi connectivity index (χ1) is 21.7. The van der Waals surface area contributed by atoms with Crippen molar-refractivity contribution in [3.63, 3.8) is 0 Å². The monoisotopic (exact) mass is 681 g/mol. The molecule has 0 radical (unpaired) electrons. The van der Waals surface area contributed by atoms with Crippen molar-refractivity contribution in [3.8, 4) is 17.4 Å². The summed E-state index contributed by atoms with van der Waals surface area (Å²) in [5.41, 5.74) is 5.06. The van der Waals surface area contributed by atoms with Crippen LogP contribution < -0.4 is 20.1 Å². The van der Waals surface area contributed by atoms with Gasteiger partial charge in [-0.2, -0.15) is 0 Å². The lowest BCUT2D eigenvalue weighted by molar-refractivity contribution is -0.133. The van der Waals surface area contributed by atoms with Gasteiger partial charge in [0.25, 0.3) is 0 Å². The summed E-state index contributed by atoms with van der Waals surface area (Å²) in [4.78, 5) is 38.1. The second kappa shape index (κ2) is 12.7. The van der Waals surface area contributed by atoms with Crippen molar-refractivity contribution in [1.29, 1.82) is 0 Å². The van der Waals surface area contributed by atoms with Gasteiger partial charge in [0.2, 0.25) is 17.7 Å². The number of rotatable bonds is 10. The van der Waals surface area contributed by atoms with Gasteiger partial charge in [0.1, 0.15) is 27.6 Å². The van der Waals surface area contributed by atoms with E-state index < -0.39 is 28.9 Å². The van der Waals surface area contributed by atoms with Crippen LogP contribution in [0.25, 0.3) is 10.9 Å². The summed E-state index contributed by atoms with van der Waals surface area (Å²) in [6, 6.07) is 10.7. The highest BCUT2D eigenvalue weighted by Crippen LogP contribution is 2.49. The number of primary amides is 1. The number of aromatic nitrogens is 2. The molecule has 13 heteroatoms. The maximum Gasteiger partial charge on any atom is 0.247 e. The first-order valence-electron chi connectivity index (χ1n) is 14.4. The van der Waals surface area contributed by atoms with E-state index >= 15 is 4.39 Å². The predicted octanol–water partition coefficient (Wildman–Crippen LogP) is 5.49. The van der Waals surface area contributed by atoms with Crippen molar-refractivity contribution < 1.29 is 32.6 Å². The van der Waals surface area contributed by atoms with Crippen LogP contribution in [0.5, 0.6) is 17.4 Å². The number of hydrogen-bond donors (Lipinski definition) is 1. The molecule has 2 aliphatic rings. The van der Waals surface area contributed by atoms with E-state index in [9.17, 15) is 14.0 Å². The first kappa shape index (κ1) is 30.8. The molecule has 45 heavy (non-hydrogen) atoms. The molecule has 1 aliphatic carbocycles. The molecule has 1 saturated carbocycles. The van der Waals surface area contributed by atoms with Crippen molar-refractivity contribution in [2.24, 2.45) is 11.1 Å². The number of amides is 2. The van der Waals surface area contributed by atoms with Crippen molar-refractivity contribution >= 4 is 50.0 Å². The predicted molar refractivity (Wildman–Crippen MR) is 165 cm³/mol. The standard InChI is InChI=1S/C32H30BrF2N5O5/c1-19(18-39-12-14-43-15-13-39)44-29-27(33)28-23(17-38-29)25(8-11-37-28)45-26-7-6-22(16-24(26)35)40(21-4-2-20(34)3-5-21)31(42)32(9-10-32)30(36)41/h2-8,11,16-17,19H,9-10,12-15,18H2,1H3,(H2,36,41). The number of fused-ring (bicyclic) bond motifs is 1. The Labute approximate surface area is 266 Å². The molecule has 1 aliphatic heterocycles. The molecule has 4 aromatic rings. The van der Waals surface area contributed by atoms with E-state index in [2.05, 4.69) is 30.8 Å². The maximum absolute atomic E-state index is 15.6. The number of benzene rings is 2. The van der Waals surface area contributed by atoms with E-state index in [1.165, 1.54) is 47.5 Å². The second-order valence-electron chi connectivity index (χ2n) is 11.1. The Morgan fingerprint density at radius 3 is 2.44 bits per heavy atom. The lowest BCUT2D eigenvalue weighted by Crippen LogP contribution is -2.41. The van der Waals surface area contributed by atoms with Crippen molar-refractivity contribution in [3.05, 3.63) is 77.0 Å². The summed E-state index contributed by atoms with van der Waals surface area (Å²) in [5.74, 6) is -2.10. The molecule has 2 amide bonds. The number of anilines is 2. The molecule has 0 bridgehead atoms. The minimum absolute atomic E-state index is 0.121. The highest BCUT2D eigenvalue weighted by Gasteiger charge is 2.57. The zero-order chi connectivity index (χ0) is 31.7. The van der Waals surface area contributed by atoms with Gasteiger partial charge in [-0.05, 0) is 78.2 Å². The Hall–Kier alpha value is -4.20. The molecule has 234 valence electrons. The van der Waals surface area contributed by atoms with E-state index in [0.29, 0.717) is 40.2 Å². The third-order valence-electron chi connectivity index (χ3n) is 7.90. The normalized spacial score (nSPS) is 16.6. The lowest BCUT2D eigenvalue weighted by Gasteiger charge is -2.29. The number of pyridine rings is 2. The number of nitrogens with two attached hydrogens (primary N) is 1. The Balaban J connectivity index is 1.25. The SMILES string of the molecule is CC(CN1CCOCC1)Oc1ncc2c(Oc3ccc(N(C(=O)C4(C(N)=O)CC4)c4ccc(F)cc4)cc3F)ccnc2c1Br. The van der Waals surface area contributed by atoms with Crippen LogP contribution in [-0.4, -0.2) is 65.6 Å². The van der Waals surface area contributed by atoms with Gasteiger partial charge < -0.3 is 19.9 Å². The van der Waals surface area contributed by atoms with Crippen LogP contribution in [0.3, 0.4) is 0 Å². The van der Waals surface area contributed by atoms with Gasteiger partial charge in [0.05, 0.1) is 29.8 Å². The van der Waals surface area contributed by atoms with Gasteiger partial charge in [0.15, 0.2) is 11.6 Å². The van der Waals surface area contributed by atoms with Crippen LogP contribution >= 0.6 is 15.9 Å². The number of ether oxygens (including phenoxy) is 3. The van der Waals surface area contributed by atoms with Gasteiger partial charge in [0, 0.05) is 43.8 Å². The second-order valence-corrected chi connectivity index (χ2v) is 11.9. The van der Waals surface area contributed by atoms with E-state index in [1.54, 1.807) is 12.3 Å². The smallest absolute Gasteiger partial charge is 0.247 e. The van der Waals surface area contributed by atoms with Gasteiger partial charge >= 0.3 is 0 Å². The van der Waals surface area contributed by atoms with Gasteiger partial charge in [-0.15, -0.1) is 0 Å². The fourth-order valence-corrected chi connectivity index (χ4v) is 5.80. The average molecular weight is 683 g/mol. The largest absolute Gasteiger partial charge is 0.472 e. The molecule has 1 atom stereocenters. The molecular weight excluding hydrogens is 652 g/mol. The van der Waals surface area contributed by atoms with Gasteiger partial charge in [-0.3, -0.25) is 24.4 Å². The number of carbonyl (C=O) groups excluding carboxylic acids is 2. The molecule has 3 heterocycles. The quantitative estimate of drug-likeness (QED) is 0.218. The highest BCUT2D eigenvalue weighted by molar-refractivity contribution is 9.10. The Morgan fingerprint density at radius 1 is 1.07 bits per heavy atom. The molecule has 0 spiro atoms. The zero-order valence-corrected chi connectivity index (χ0v) is 25.9. The molecule has 1 saturated heterocycles. The Kier molecular flexibility index (Phi) is 8.67. The summed E-state index contributed by atoms with van der Waals surface area (Å²) >= 11 is 3.56. The number of nitrogens with zero attached hydrogens (tertiary/aromatic N) is 4. The van der Waals surface area contributed by atoms with Crippen molar-refractivity contribution in [2.45, 2.75) is 25.9 Å². The summed E-state index contributed by atoms with van der Waals surface area (Å²) in [5, 5.41) is 0.515. The van der Waals surface area contributed by atoms with E-state index in [0.717, 1.165) is 25.7 Å². The van der Waals surface area contributed by atoms with Crippen LogP contribution in [0.15, 0.2) is 65.4 Å². The van der Waals surface area contributed by atoms with Crippen LogP contribution in [0.2, 0.25) is 0 Å². The molecule has 2 fully saturated rings. The number of carbonyl (C=O) groups is 2. The summed E-state index contributed by atoms with van der Waals surface area (Å²) in [7, 11) is 0. The summed E-state index contributed by atoms with van der Waals surface area (Å²) in [6.45, 7) is 5.76. The average Bonchev–Trinajstić information content (AvgIpc) is 3.84. The number of hydrogen-bond acceptors (Lipinski definition) is 8. The Morgan fingerprint density at radius 2 is 1.78 bits per heavy atom. The van der Waals surface area contributed by atoms with Crippen LogP contribution in [0.4, 0.5) is 20.2 Å². The van der Waals surface area contributed by atoms with Crippen LogP contribution in [-0.2, 0) is 14.3 Å². The number of halogens is 3. The lowest BCUT2D eigenvalue weighted by atomic mass is 10.0. The fourth-order valence-electron chi connectivity index (χ4n) is 5.29. The fraction of sp³-hybridized carbons (Fsp3) is 0.312. The minimum atomic E-state index is -1.39. The molecule has 10 nitrogen and oxygen atoms in total. The number of morpholine rings is 1. The van der Waals surface area contributed by atoms with Gasteiger partial charge in [-0.1, -0.05) is 0 Å². The minimum Gasteiger partial charge on any atom is -0.472 e. The molecule has 2 aromatic heterocycles. The summed E-state index contributed by atoms with van der Waals surface area (Å²) < 4.78 is 47.3.